The van der Waals surface area contributed by atoms with Gasteiger partial charge in [0.2, 0.25) is 11.8 Å². The topological polar surface area (TPSA) is 64.7 Å². The van der Waals surface area contributed by atoms with Gasteiger partial charge in [0.05, 0.1) is 13.1 Å². The number of hydrogen-bond acceptors (Lipinski definition) is 4. The maximum Gasteiger partial charge on any atom is 0.238 e. The Morgan fingerprint density at radius 2 is 1.65 bits per heavy atom. The molecule has 2 rings (SSSR count). The van der Waals surface area contributed by atoms with Crippen LogP contribution in [-0.2, 0) is 9.59 Å². The van der Waals surface area contributed by atoms with Crippen LogP contribution in [-0.4, -0.2) is 66.4 Å². The molecule has 0 aliphatic carbocycles. The number of amides is 2. The van der Waals surface area contributed by atoms with Gasteiger partial charge in [-0.25, -0.2) is 0 Å². The van der Waals surface area contributed by atoms with Crippen molar-refractivity contribution in [3.63, 3.8) is 0 Å². The lowest BCUT2D eigenvalue weighted by atomic mass is 10.1. The number of nitrogens with one attached hydrogen (secondary N) is 2. The van der Waals surface area contributed by atoms with Crippen LogP contribution in [0.25, 0.3) is 0 Å². The monoisotopic (exact) mass is 424 g/mol. The van der Waals surface area contributed by atoms with Crippen molar-refractivity contribution in [2.45, 2.75) is 32.7 Å². The predicted molar refractivity (Wildman–Crippen MR) is 108 cm³/mol. The Kier molecular flexibility index (Phi) is 7.61. The highest BCUT2D eigenvalue weighted by molar-refractivity contribution is 9.10. The van der Waals surface area contributed by atoms with E-state index in [0.29, 0.717) is 13.1 Å². The van der Waals surface area contributed by atoms with E-state index in [2.05, 4.69) is 36.4 Å². The van der Waals surface area contributed by atoms with Crippen LogP contribution in [0.2, 0.25) is 0 Å². The maximum atomic E-state index is 12.3. The number of benzene rings is 1. The summed E-state index contributed by atoms with van der Waals surface area (Å²) in [5.41, 5.74) is 0.583. The Bertz CT molecular complexity index is 630. The van der Waals surface area contributed by atoms with Crippen molar-refractivity contribution in [2.75, 3.05) is 44.6 Å². The molecule has 1 saturated heterocycles. The van der Waals surface area contributed by atoms with Crippen molar-refractivity contribution in [1.29, 1.82) is 0 Å². The molecular formula is C19H29BrN4O2. The molecule has 0 saturated carbocycles. The smallest absolute Gasteiger partial charge is 0.238 e. The van der Waals surface area contributed by atoms with E-state index in [9.17, 15) is 9.59 Å². The SMILES string of the molecule is CC(C)(C)NC(=O)CN1CCCN(CC(=O)Nc2cccc(Br)c2)CC1. The molecule has 0 atom stereocenters. The lowest BCUT2D eigenvalue weighted by molar-refractivity contribution is -0.123. The van der Waals surface area contributed by atoms with Gasteiger partial charge in [-0.3, -0.25) is 19.4 Å². The van der Waals surface area contributed by atoms with Gasteiger partial charge in [-0.05, 0) is 58.5 Å². The van der Waals surface area contributed by atoms with Gasteiger partial charge in [0.1, 0.15) is 0 Å². The molecule has 2 amide bonds. The third-order valence-electron chi connectivity index (χ3n) is 4.04. The number of rotatable bonds is 5. The van der Waals surface area contributed by atoms with Gasteiger partial charge in [0.25, 0.3) is 0 Å². The largest absolute Gasteiger partial charge is 0.350 e. The molecule has 1 aliphatic heterocycles. The molecule has 0 spiro atoms. The second-order valence-electron chi connectivity index (χ2n) is 7.76. The summed E-state index contributed by atoms with van der Waals surface area (Å²) in [5, 5.41) is 5.93. The molecule has 1 heterocycles. The summed E-state index contributed by atoms with van der Waals surface area (Å²) in [7, 11) is 0. The van der Waals surface area contributed by atoms with E-state index >= 15 is 0 Å². The Morgan fingerprint density at radius 1 is 1.04 bits per heavy atom. The summed E-state index contributed by atoms with van der Waals surface area (Å²) in [6.07, 6.45) is 0.951. The molecule has 1 aliphatic rings. The number of halogens is 1. The summed E-state index contributed by atoms with van der Waals surface area (Å²) in [6, 6.07) is 7.58. The van der Waals surface area contributed by atoms with Crippen molar-refractivity contribution in [1.82, 2.24) is 15.1 Å². The summed E-state index contributed by atoms with van der Waals surface area (Å²) < 4.78 is 0.939. The minimum Gasteiger partial charge on any atom is -0.350 e. The standard InChI is InChI=1S/C19H29BrN4O2/c1-19(2,3)22-18(26)14-24-9-5-8-23(10-11-24)13-17(25)21-16-7-4-6-15(20)12-16/h4,6-7,12H,5,8-11,13-14H2,1-3H3,(H,21,25)(H,22,26). The first-order chi connectivity index (χ1) is 12.2. The van der Waals surface area contributed by atoms with Crippen LogP contribution < -0.4 is 10.6 Å². The lowest BCUT2D eigenvalue weighted by Crippen LogP contribution is -2.46. The number of carbonyl (C=O) groups excluding carboxylic acids is 2. The van der Waals surface area contributed by atoms with Gasteiger partial charge < -0.3 is 10.6 Å². The third-order valence-corrected chi connectivity index (χ3v) is 4.53. The summed E-state index contributed by atoms with van der Waals surface area (Å²) in [5.74, 6) is 0.0420. The quantitative estimate of drug-likeness (QED) is 0.760. The molecule has 0 aromatic heterocycles. The zero-order valence-corrected chi connectivity index (χ0v) is 17.4. The summed E-state index contributed by atoms with van der Waals surface area (Å²) in [4.78, 5) is 28.7. The second kappa shape index (κ2) is 9.48. The van der Waals surface area contributed by atoms with E-state index in [1.165, 1.54) is 0 Å². The van der Waals surface area contributed by atoms with Crippen molar-refractivity contribution in [3.8, 4) is 0 Å². The van der Waals surface area contributed by atoms with E-state index in [4.69, 9.17) is 0 Å². The lowest BCUT2D eigenvalue weighted by Gasteiger charge is -2.25. The highest BCUT2D eigenvalue weighted by Gasteiger charge is 2.20. The normalized spacial score (nSPS) is 16.8. The highest BCUT2D eigenvalue weighted by Crippen LogP contribution is 2.15. The van der Waals surface area contributed by atoms with Gasteiger partial charge in [-0.15, -0.1) is 0 Å². The first-order valence-corrected chi connectivity index (χ1v) is 9.82. The Morgan fingerprint density at radius 3 is 2.23 bits per heavy atom. The molecule has 2 N–H and O–H groups in total. The van der Waals surface area contributed by atoms with Crippen LogP contribution in [0.3, 0.4) is 0 Å². The molecule has 1 fully saturated rings. The summed E-state index contributed by atoms with van der Waals surface area (Å²) >= 11 is 3.41. The number of carbonyl (C=O) groups is 2. The van der Waals surface area contributed by atoms with Crippen LogP contribution >= 0.6 is 15.9 Å². The number of hydrogen-bond donors (Lipinski definition) is 2. The van der Waals surface area contributed by atoms with Crippen LogP contribution in [0.1, 0.15) is 27.2 Å². The average Bonchev–Trinajstić information content (AvgIpc) is 2.70. The first-order valence-electron chi connectivity index (χ1n) is 9.02. The third kappa shape index (κ3) is 7.85. The van der Waals surface area contributed by atoms with E-state index < -0.39 is 0 Å². The van der Waals surface area contributed by atoms with Gasteiger partial charge in [0.15, 0.2) is 0 Å². The van der Waals surface area contributed by atoms with E-state index in [1.807, 2.05) is 45.0 Å². The number of nitrogens with zero attached hydrogens (tertiary/aromatic N) is 2. The minimum absolute atomic E-state index is 0.0120. The van der Waals surface area contributed by atoms with Gasteiger partial charge in [-0.2, -0.15) is 0 Å². The second-order valence-corrected chi connectivity index (χ2v) is 8.68. The fourth-order valence-corrected chi connectivity index (χ4v) is 3.37. The van der Waals surface area contributed by atoms with Crippen molar-refractivity contribution in [3.05, 3.63) is 28.7 Å². The predicted octanol–water partition coefficient (Wildman–Crippen LogP) is 2.31. The van der Waals surface area contributed by atoms with Crippen LogP contribution in [0.15, 0.2) is 28.7 Å². The van der Waals surface area contributed by atoms with Crippen LogP contribution in [0.5, 0.6) is 0 Å². The summed E-state index contributed by atoms with van der Waals surface area (Å²) in [6.45, 7) is 10.1. The molecule has 0 radical (unpaired) electrons. The molecule has 6 nitrogen and oxygen atoms in total. The molecule has 144 valence electrons. The first kappa shape index (κ1) is 20.9. The Labute approximate surface area is 164 Å². The van der Waals surface area contributed by atoms with E-state index in [0.717, 1.165) is 42.8 Å². The Balaban J connectivity index is 1.77. The minimum atomic E-state index is -0.209. The zero-order valence-electron chi connectivity index (χ0n) is 15.8. The fraction of sp³-hybridized carbons (Fsp3) is 0.579. The molecule has 7 heteroatoms. The average molecular weight is 425 g/mol. The van der Waals surface area contributed by atoms with Crippen LogP contribution in [0.4, 0.5) is 5.69 Å². The van der Waals surface area contributed by atoms with E-state index in [-0.39, 0.29) is 17.4 Å². The Hall–Kier alpha value is -1.44. The zero-order chi connectivity index (χ0) is 19.2. The highest BCUT2D eigenvalue weighted by atomic mass is 79.9. The molecule has 1 aromatic carbocycles. The van der Waals surface area contributed by atoms with Crippen molar-refractivity contribution >= 4 is 33.4 Å². The molecular weight excluding hydrogens is 396 g/mol. The molecule has 26 heavy (non-hydrogen) atoms. The fourth-order valence-electron chi connectivity index (χ4n) is 2.97. The molecule has 0 unspecified atom stereocenters. The van der Waals surface area contributed by atoms with Crippen molar-refractivity contribution < 1.29 is 9.59 Å². The van der Waals surface area contributed by atoms with Gasteiger partial charge in [-0.1, -0.05) is 22.0 Å². The van der Waals surface area contributed by atoms with E-state index in [1.54, 1.807) is 0 Å². The van der Waals surface area contributed by atoms with Crippen molar-refractivity contribution in [2.24, 2.45) is 0 Å². The van der Waals surface area contributed by atoms with Gasteiger partial charge in [0, 0.05) is 28.8 Å². The molecule has 1 aromatic rings. The number of anilines is 1. The molecule has 0 bridgehead atoms. The van der Waals surface area contributed by atoms with Crippen LogP contribution in [0, 0.1) is 0 Å². The maximum absolute atomic E-state index is 12.3. The van der Waals surface area contributed by atoms with Gasteiger partial charge >= 0.3 is 0 Å².